The van der Waals surface area contributed by atoms with E-state index in [9.17, 15) is 13.2 Å². The summed E-state index contributed by atoms with van der Waals surface area (Å²) in [6.07, 6.45) is -0.230. The first-order valence-electron chi connectivity index (χ1n) is 6.10. The van der Waals surface area contributed by atoms with E-state index in [-0.39, 0.29) is 23.7 Å². The van der Waals surface area contributed by atoms with Crippen molar-refractivity contribution >= 4 is 31.9 Å². The van der Waals surface area contributed by atoms with Crippen LogP contribution in [0.25, 0.3) is 0 Å². The van der Waals surface area contributed by atoms with Gasteiger partial charge in [-0.1, -0.05) is 15.9 Å². The quantitative estimate of drug-likeness (QED) is 0.618. The Hall–Kier alpha value is -1.16. The van der Waals surface area contributed by atoms with Crippen molar-refractivity contribution in [3.8, 4) is 5.75 Å². The van der Waals surface area contributed by atoms with E-state index in [1.807, 2.05) is 4.72 Å². The second-order valence-corrected chi connectivity index (χ2v) is 6.65. The molecule has 0 heterocycles. The fraction of sp³-hybridized carbons (Fsp3) is 0.417. The molecule has 0 aliphatic rings. The van der Waals surface area contributed by atoms with E-state index in [1.54, 1.807) is 13.0 Å². The van der Waals surface area contributed by atoms with Crippen LogP contribution in [0.5, 0.6) is 5.75 Å². The van der Waals surface area contributed by atoms with Crippen molar-refractivity contribution < 1.29 is 28.2 Å². The lowest BCUT2D eigenvalue weighted by Crippen LogP contribution is -2.41. The topological polar surface area (TPSA) is 113 Å². The largest absolute Gasteiger partial charge is 0.492 e. The maximum Gasteiger partial charge on any atom is 0.321 e. The molecule has 0 saturated carbocycles. The van der Waals surface area contributed by atoms with Gasteiger partial charge >= 0.3 is 5.97 Å². The minimum absolute atomic E-state index is 0.126. The maximum atomic E-state index is 12.3. The third-order valence-corrected chi connectivity index (χ3v) is 4.49. The molecular formula is C12H16BrNO6S. The molecule has 9 heteroatoms. The highest BCUT2D eigenvalue weighted by Crippen LogP contribution is 2.27. The Balaban J connectivity index is 3.17. The van der Waals surface area contributed by atoms with Gasteiger partial charge in [0, 0.05) is 11.1 Å². The highest BCUT2D eigenvalue weighted by atomic mass is 79.9. The molecule has 0 amide bonds. The van der Waals surface area contributed by atoms with Crippen molar-refractivity contribution in [3.05, 3.63) is 22.7 Å². The zero-order chi connectivity index (χ0) is 16.0. The van der Waals surface area contributed by atoms with E-state index < -0.39 is 28.6 Å². The van der Waals surface area contributed by atoms with Crippen LogP contribution in [0.15, 0.2) is 27.6 Å². The highest BCUT2D eigenvalue weighted by Gasteiger charge is 2.27. The number of rotatable bonds is 8. The predicted octanol–water partition coefficient (Wildman–Crippen LogP) is 0.962. The van der Waals surface area contributed by atoms with Crippen molar-refractivity contribution in [3.63, 3.8) is 0 Å². The van der Waals surface area contributed by atoms with Crippen LogP contribution in [0, 0.1) is 0 Å². The molecule has 0 aliphatic heterocycles. The van der Waals surface area contributed by atoms with E-state index in [4.69, 9.17) is 14.9 Å². The molecule has 1 rings (SSSR count). The number of ether oxygens (including phenoxy) is 1. The summed E-state index contributed by atoms with van der Waals surface area (Å²) in [6.45, 7) is 1.52. The molecule has 21 heavy (non-hydrogen) atoms. The Morgan fingerprint density at radius 3 is 2.67 bits per heavy atom. The predicted molar refractivity (Wildman–Crippen MR) is 78.8 cm³/mol. The van der Waals surface area contributed by atoms with Gasteiger partial charge < -0.3 is 14.9 Å². The van der Waals surface area contributed by atoms with Gasteiger partial charge in [-0.3, -0.25) is 4.79 Å². The van der Waals surface area contributed by atoms with Crippen LogP contribution in [-0.2, 0) is 14.8 Å². The Morgan fingerprint density at radius 2 is 2.14 bits per heavy atom. The number of hydrogen-bond acceptors (Lipinski definition) is 5. The van der Waals surface area contributed by atoms with Crippen LogP contribution >= 0.6 is 15.9 Å². The molecule has 0 spiro atoms. The number of carboxylic acid groups (broad SMARTS) is 1. The molecule has 1 aromatic carbocycles. The summed E-state index contributed by atoms with van der Waals surface area (Å²) in [6, 6.07) is 3.01. The molecule has 118 valence electrons. The summed E-state index contributed by atoms with van der Waals surface area (Å²) in [4.78, 5) is 10.8. The summed E-state index contributed by atoms with van der Waals surface area (Å²) in [5.41, 5.74) is 0. The van der Waals surface area contributed by atoms with E-state index in [0.717, 1.165) is 0 Å². The highest BCUT2D eigenvalue weighted by molar-refractivity contribution is 9.10. The van der Waals surface area contributed by atoms with Crippen LogP contribution < -0.4 is 9.46 Å². The summed E-state index contributed by atoms with van der Waals surface area (Å²) < 4.78 is 32.4. The van der Waals surface area contributed by atoms with Gasteiger partial charge in [0.05, 0.1) is 6.61 Å². The average molecular weight is 382 g/mol. The second kappa shape index (κ2) is 7.74. The third-order valence-electron chi connectivity index (χ3n) is 2.51. The number of hydrogen-bond donors (Lipinski definition) is 3. The molecule has 3 N–H and O–H groups in total. The molecule has 0 fully saturated rings. The number of benzene rings is 1. The Morgan fingerprint density at radius 1 is 1.48 bits per heavy atom. The lowest BCUT2D eigenvalue weighted by Gasteiger charge is -2.16. The van der Waals surface area contributed by atoms with Gasteiger partial charge in [-0.25, -0.2) is 8.42 Å². The fourth-order valence-electron chi connectivity index (χ4n) is 1.58. The molecule has 0 radical (unpaired) electrons. The molecule has 0 bridgehead atoms. The zero-order valence-electron chi connectivity index (χ0n) is 11.2. The number of carbonyl (C=O) groups is 1. The van der Waals surface area contributed by atoms with Gasteiger partial charge in [-0.2, -0.15) is 4.72 Å². The lowest BCUT2D eigenvalue weighted by atomic mass is 10.2. The first-order valence-corrected chi connectivity index (χ1v) is 8.37. The summed E-state index contributed by atoms with van der Waals surface area (Å²) >= 11 is 3.16. The Kier molecular flexibility index (Phi) is 6.59. The lowest BCUT2D eigenvalue weighted by molar-refractivity contribution is -0.139. The average Bonchev–Trinajstić information content (AvgIpc) is 2.40. The SMILES string of the molecule is CCOc1ccc(Br)cc1S(=O)(=O)N[C@@H](CCO)C(=O)O. The van der Waals surface area contributed by atoms with Crippen molar-refractivity contribution in [2.75, 3.05) is 13.2 Å². The van der Waals surface area contributed by atoms with Crippen molar-refractivity contribution in [1.29, 1.82) is 0 Å². The Labute approximate surface area is 131 Å². The van der Waals surface area contributed by atoms with Crippen LogP contribution in [0.2, 0.25) is 0 Å². The van der Waals surface area contributed by atoms with Crippen LogP contribution in [0.1, 0.15) is 13.3 Å². The zero-order valence-corrected chi connectivity index (χ0v) is 13.6. The van der Waals surface area contributed by atoms with Crippen molar-refractivity contribution in [1.82, 2.24) is 4.72 Å². The number of sulfonamides is 1. The van der Waals surface area contributed by atoms with Crippen LogP contribution in [0.4, 0.5) is 0 Å². The summed E-state index contributed by atoms with van der Waals surface area (Å²) in [5.74, 6) is -1.23. The van der Waals surface area contributed by atoms with E-state index in [2.05, 4.69) is 15.9 Å². The maximum absolute atomic E-state index is 12.3. The molecular weight excluding hydrogens is 366 g/mol. The number of nitrogens with one attached hydrogen (secondary N) is 1. The standard InChI is InChI=1S/C12H16BrNO6S/c1-2-20-10-4-3-8(13)7-11(10)21(18,19)14-9(5-6-15)12(16)17/h3-4,7,9,14-15H,2,5-6H2,1H3,(H,16,17)/t9-/m0/s1. The van der Waals surface area contributed by atoms with Gasteiger partial charge in [0.15, 0.2) is 0 Å². The number of aliphatic hydroxyl groups excluding tert-OH is 1. The number of aliphatic carboxylic acids is 1. The molecule has 0 aromatic heterocycles. The number of aliphatic hydroxyl groups is 1. The van der Waals surface area contributed by atoms with Gasteiger partial charge in [0.1, 0.15) is 16.7 Å². The normalized spacial score (nSPS) is 12.9. The molecule has 7 nitrogen and oxygen atoms in total. The first-order chi connectivity index (χ1) is 9.81. The Bertz CT molecular complexity index is 604. The minimum Gasteiger partial charge on any atom is -0.492 e. The van der Waals surface area contributed by atoms with Gasteiger partial charge in [0.25, 0.3) is 0 Å². The first kappa shape index (κ1) is 17.9. The second-order valence-electron chi connectivity index (χ2n) is 4.05. The monoisotopic (exact) mass is 381 g/mol. The van der Waals surface area contributed by atoms with Gasteiger partial charge in [-0.05, 0) is 31.5 Å². The molecule has 1 atom stereocenters. The third kappa shape index (κ3) is 4.95. The summed E-state index contributed by atoms with van der Waals surface area (Å²) in [5, 5.41) is 17.8. The van der Waals surface area contributed by atoms with Crippen LogP contribution in [-0.4, -0.2) is 43.9 Å². The van der Waals surface area contributed by atoms with E-state index in [0.29, 0.717) is 4.47 Å². The van der Waals surface area contributed by atoms with E-state index in [1.165, 1.54) is 12.1 Å². The van der Waals surface area contributed by atoms with Gasteiger partial charge in [-0.15, -0.1) is 0 Å². The number of halogens is 1. The number of carboxylic acids is 1. The molecule has 1 aromatic rings. The van der Waals surface area contributed by atoms with Crippen LogP contribution in [0.3, 0.4) is 0 Å². The smallest absolute Gasteiger partial charge is 0.321 e. The van der Waals surface area contributed by atoms with Crippen molar-refractivity contribution in [2.45, 2.75) is 24.3 Å². The molecule has 0 unspecified atom stereocenters. The molecule has 0 aliphatic carbocycles. The van der Waals surface area contributed by atoms with Crippen molar-refractivity contribution in [2.24, 2.45) is 0 Å². The fourth-order valence-corrected chi connectivity index (χ4v) is 3.49. The minimum atomic E-state index is -4.10. The molecule has 0 saturated heterocycles. The van der Waals surface area contributed by atoms with Gasteiger partial charge in [0.2, 0.25) is 10.0 Å². The van der Waals surface area contributed by atoms with E-state index >= 15 is 0 Å². The summed E-state index contributed by atoms with van der Waals surface area (Å²) in [7, 11) is -4.10.